The normalized spacial score (nSPS) is 16.8. The first-order valence-electron chi connectivity index (χ1n) is 8.04. The molecule has 0 aromatic heterocycles. The van der Waals surface area contributed by atoms with Crippen LogP contribution >= 0.6 is 11.6 Å². The highest BCUT2D eigenvalue weighted by atomic mass is 35.5. The average molecular weight is 359 g/mol. The van der Waals surface area contributed by atoms with Crippen LogP contribution in [0, 0.1) is 5.92 Å². The average Bonchev–Trinajstić information content (AvgIpc) is 3.02. The molecule has 1 aliphatic rings. The monoisotopic (exact) mass is 358 g/mol. The summed E-state index contributed by atoms with van der Waals surface area (Å²) in [6.07, 6.45) is 0.194. The molecule has 2 amide bonds. The summed E-state index contributed by atoms with van der Waals surface area (Å²) < 4.78 is 5.11. The lowest BCUT2D eigenvalue weighted by Crippen LogP contribution is -2.32. The molecule has 3 rings (SSSR count). The summed E-state index contributed by atoms with van der Waals surface area (Å²) in [6, 6.07) is 14.7. The third kappa shape index (κ3) is 3.94. The largest absolute Gasteiger partial charge is 0.497 e. The molecular formula is C19H19ClN2O3. The van der Waals surface area contributed by atoms with Crippen LogP contribution in [0.4, 0.5) is 5.69 Å². The first-order valence-corrected chi connectivity index (χ1v) is 8.42. The maximum Gasteiger partial charge on any atom is 0.227 e. The summed E-state index contributed by atoms with van der Waals surface area (Å²) in [5, 5.41) is 3.40. The Hall–Kier alpha value is -2.53. The fraction of sp³-hybridized carbons (Fsp3) is 0.263. The number of nitrogens with zero attached hydrogens (tertiary/aromatic N) is 1. The quantitative estimate of drug-likeness (QED) is 0.893. The number of carbonyl (C=O) groups excluding carboxylic acids is 2. The Labute approximate surface area is 151 Å². The van der Waals surface area contributed by atoms with Crippen molar-refractivity contribution in [2.75, 3.05) is 18.6 Å². The van der Waals surface area contributed by atoms with Crippen LogP contribution in [0.15, 0.2) is 48.5 Å². The van der Waals surface area contributed by atoms with E-state index in [0.29, 0.717) is 23.8 Å². The van der Waals surface area contributed by atoms with Gasteiger partial charge in [-0.1, -0.05) is 35.9 Å². The van der Waals surface area contributed by atoms with E-state index in [9.17, 15) is 9.59 Å². The molecule has 1 heterocycles. The summed E-state index contributed by atoms with van der Waals surface area (Å²) in [6.45, 7) is 0.761. The zero-order valence-electron chi connectivity index (χ0n) is 13.9. The van der Waals surface area contributed by atoms with Crippen molar-refractivity contribution in [2.45, 2.75) is 13.0 Å². The minimum Gasteiger partial charge on any atom is -0.497 e. The van der Waals surface area contributed by atoms with E-state index < -0.39 is 0 Å². The van der Waals surface area contributed by atoms with Crippen LogP contribution in [0.2, 0.25) is 5.02 Å². The van der Waals surface area contributed by atoms with E-state index in [1.54, 1.807) is 24.1 Å². The van der Waals surface area contributed by atoms with Crippen LogP contribution in [-0.2, 0) is 16.1 Å². The Morgan fingerprint density at radius 1 is 1.24 bits per heavy atom. The third-order valence-electron chi connectivity index (χ3n) is 4.26. The van der Waals surface area contributed by atoms with Gasteiger partial charge in [-0.25, -0.2) is 0 Å². The molecule has 0 bridgehead atoms. The molecular weight excluding hydrogens is 340 g/mol. The van der Waals surface area contributed by atoms with Crippen molar-refractivity contribution >= 4 is 29.1 Å². The van der Waals surface area contributed by atoms with Crippen molar-refractivity contribution < 1.29 is 14.3 Å². The molecule has 0 radical (unpaired) electrons. The third-order valence-corrected chi connectivity index (χ3v) is 4.58. The van der Waals surface area contributed by atoms with Crippen molar-refractivity contribution in [1.29, 1.82) is 0 Å². The molecule has 1 atom stereocenters. The van der Waals surface area contributed by atoms with Gasteiger partial charge < -0.3 is 15.0 Å². The second-order valence-corrected chi connectivity index (χ2v) is 6.33. The fourth-order valence-corrected chi connectivity index (χ4v) is 3.10. The minimum atomic E-state index is -0.373. The van der Waals surface area contributed by atoms with Gasteiger partial charge in [-0.3, -0.25) is 9.59 Å². The zero-order valence-corrected chi connectivity index (χ0v) is 14.6. The van der Waals surface area contributed by atoms with Gasteiger partial charge in [0.25, 0.3) is 0 Å². The number of nitrogens with one attached hydrogen (secondary N) is 1. The topological polar surface area (TPSA) is 58.6 Å². The lowest BCUT2D eigenvalue weighted by molar-refractivity contribution is -0.126. The van der Waals surface area contributed by atoms with Gasteiger partial charge in [0.05, 0.1) is 23.7 Å². The Balaban J connectivity index is 1.60. The van der Waals surface area contributed by atoms with Crippen molar-refractivity contribution in [1.82, 2.24) is 5.32 Å². The lowest BCUT2D eigenvalue weighted by Gasteiger charge is -2.18. The maximum absolute atomic E-state index is 12.4. The van der Waals surface area contributed by atoms with Crippen LogP contribution in [0.5, 0.6) is 5.75 Å². The van der Waals surface area contributed by atoms with E-state index in [1.807, 2.05) is 36.4 Å². The standard InChI is InChI=1S/C19H19ClN2O3/c1-25-15-8-6-13(7-9-15)11-21-19(24)14-10-18(23)22(12-14)17-5-3-2-4-16(17)20/h2-9,14H,10-12H2,1H3,(H,21,24). The Kier molecular flexibility index (Phi) is 5.24. The van der Waals surface area contributed by atoms with Crippen LogP contribution < -0.4 is 15.0 Å². The second kappa shape index (κ2) is 7.57. The molecule has 25 heavy (non-hydrogen) atoms. The number of amides is 2. The van der Waals surface area contributed by atoms with Crippen molar-refractivity contribution in [3.63, 3.8) is 0 Å². The number of rotatable bonds is 5. The van der Waals surface area contributed by atoms with Gasteiger partial charge in [0.15, 0.2) is 0 Å². The van der Waals surface area contributed by atoms with Gasteiger partial charge in [0.2, 0.25) is 11.8 Å². The van der Waals surface area contributed by atoms with Crippen molar-refractivity contribution in [3.8, 4) is 5.75 Å². The first-order chi connectivity index (χ1) is 12.1. The zero-order chi connectivity index (χ0) is 17.8. The molecule has 5 nitrogen and oxygen atoms in total. The van der Waals surface area contributed by atoms with Gasteiger partial charge in [0.1, 0.15) is 5.75 Å². The van der Waals surface area contributed by atoms with Gasteiger partial charge >= 0.3 is 0 Å². The van der Waals surface area contributed by atoms with Gasteiger partial charge in [0, 0.05) is 19.5 Å². The molecule has 0 aliphatic carbocycles. The molecule has 6 heteroatoms. The predicted octanol–water partition coefficient (Wildman–Crippen LogP) is 3.02. The first kappa shape index (κ1) is 17.3. The molecule has 1 saturated heterocycles. The SMILES string of the molecule is COc1ccc(CNC(=O)C2CC(=O)N(c3ccccc3Cl)C2)cc1. The number of carbonyl (C=O) groups is 2. The number of methoxy groups -OCH3 is 1. The highest BCUT2D eigenvalue weighted by molar-refractivity contribution is 6.33. The predicted molar refractivity (Wildman–Crippen MR) is 96.8 cm³/mol. The summed E-state index contributed by atoms with van der Waals surface area (Å²) in [5.41, 5.74) is 1.63. The van der Waals surface area contributed by atoms with E-state index in [-0.39, 0.29) is 24.2 Å². The Morgan fingerprint density at radius 2 is 1.96 bits per heavy atom. The highest BCUT2D eigenvalue weighted by Gasteiger charge is 2.35. The molecule has 1 aliphatic heterocycles. The van der Waals surface area contributed by atoms with Gasteiger partial charge in [-0.2, -0.15) is 0 Å². The molecule has 1 fully saturated rings. The minimum absolute atomic E-state index is 0.0855. The number of para-hydroxylation sites is 1. The molecule has 1 N–H and O–H groups in total. The maximum atomic E-state index is 12.4. The summed E-state index contributed by atoms with van der Waals surface area (Å²) in [7, 11) is 1.61. The van der Waals surface area contributed by atoms with E-state index in [1.165, 1.54) is 0 Å². The van der Waals surface area contributed by atoms with Crippen LogP contribution in [-0.4, -0.2) is 25.5 Å². The number of hydrogen-bond acceptors (Lipinski definition) is 3. The van der Waals surface area contributed by atoms with Crippen LogP contribution in [0.25, 0.3) is 0 Å². The molecule has 1 unspecified atom stereocenters. The second-order valence-electron chi connectivity index (χ2n) is 5.92. The van der Waals surface area contributed by atoms with E-state index in [4.69, 9.17) is 16.3 Å². The number of ether oxygens (including phenoxy) is 1. The van der Waals surface area contributed by atoms with E-state index >= 15 is 0 Å². The van der Waals surface area contributed by atoms with E-state index in [0.717, 1.165) is 11.3 Å². The molecule has 0 spiro atoms. The van der Waals surface area contributed by atoms with Gasteiger partial charge in [-0.05, 0) is 29.8 Å². The van der Waals surface area contributed by atoms with Crippen molar-refractivity contribution in [3.05, 3.63) is 59.1 Å². The Morgan fingerprint density at radius 3 is 2.64 bits per heavy atom. The molecule has 130 valence electrons. The summed E-state index contributed by atoms with van der Waals surface area (Å²) >= 11 is 6.16. The Bertz CT molecular complexity index is 776. The lowest BCUT2D eigenvalue weighted by atomic mass is 10.1. The van der Waals surface area contributed by atoms with E-state index in [2.05, 4.69) is 5.32 Å². The van der Waals surface area contributed by atoms with Gasteiger partial charge in [-0.15, -0.1) is 0 Å². The molecule has 2 aromatic rings. The summed E-state index contributed by atoms with van der Waals surface area (Å²) in [5.74, 6) is 0.185. The van der Waals surface area contributed by atoms with Crippen LogP contribution in [0.1, 0.15) is 12.0 Å². The number of hydrogen-bond donors (Lipinski definition) is 1. The smallest absolute Gasteiger partial charge is 0.227 e. The fourth-order valence-electron chi connectivity index (χ4n) is 2.86. The van der Waals surface area contributed by atoms with Crippen LogP contribution in [0.3, 0.4) is 0 Å². The number of halogens is 1. The molecule has 0 saturated carbocycles. The van der Waals surface area contributed by atoms with Crippen molar-refractivity contribution in [2.24, 2.45) is 5.92 Å². The highest BCUT2D eigenvalue weighted by Crippen LogP contribution is 2.31. The number of anilines is 1. The summed E-state index contributed by atoms with van der Waals surface area (Å²) in [4.78, 5) is 26.2. The molecule has 2 aromatic carbocycles. The number of benzene rings is 2.